The highest BCUT2D eigenvalue weighted by molar-refractivity contribution is 7.99. The van der Waals surface area contributed by atoms with E-state index in [1.165, 1.54) is 23.1 Å². The lowest BCUT2D eigenvalue weighted by molar-refractivity contribution is -0.118. The van der Waals surface area contributed by atoms with E-state index in [-0.39, 0.29) is 17.2 Å². The van der Waals surface area contributed by atoms with Crippen LogP contribution in [0.1, 0.15) is 23.8 Å². The van der Waals surface area contributed by atoms with Gasteiger partial charge in [-0.15, -0.1) is 11.3 Å². The van der Waals surface area contributed by atoms with Gasteiger partial charge < -0.3 is 10.1 Å². The van der Waals surface area contributed by atoms with Crippen molar-refractivity contribution in [1.29, 1.82) is 0 Å². The maximum absolute atomic E-state index is 13.3. The Hall–Kier alpha value is -2.32. The Bertz CT molecular complexity index is 1060. The van der Waals surface area contributed by atoms with Crippen LogP contribution in [-0.2, 0) is 4.79 Å². The molecule has 0 atom stereocenters. The molecule has 3 rings (SSSR count). The fourth-order valence-corrected chi connectivity index (χ4v) is 4.69. The Balaban J connectivity index is 2.09. The number of benzene rings is 1. The van der Waals surface area contributed by atoms with E-state index >= 15 is 0 Å². The number of hydrogen-bond acceptors (Lipinski definition) is 6. The van der Waals surface area contributed by atoms with Crippen LogP contribution in [0.3, 0.4) is 0 Å². The SMILES string of the molecule is CCCNC(=O)CSc1nc2sc(C)c(C)c2c(=O)n1-c1ccc(OC)cc1. The van der Waals surface area contributed by atoms with Crippen molar-refractivity contribution < 1.29 is 9.53 Å². The highest BCUT2D eigenvalue weighted by Gasteiger charge is 2.18. The first-order valence-electron chi connectivity index (χ1n) is 9.03. The number of carbonyl (C=O) groups excluding carboxylic acids is 1. The van der Waals surface area contributed by atoms with Gasteiger partial charge in [-0.2, -0.15) is 0 Å². The lowest BCUT2D eigenvalue weighted by atomic mass is 10.2. The molecule has 3 aromatic rings. The zero-order chi connectivity index (χ0) is 20.3. The average molecular weight is 418 g/mol. The molecule has 8 heteroatoms. The Kier molecular flexibility index (Phi) is 6.41. The Labute approximate surface area is 171 Å². The Morgan fingerprint density at radius 2 is 2.00 bits per heavy atom. The van der Waals surface area contributed by atoms with E-state index in [2.05, 4.69) is 5.32 Å². The summed E-state index contributed by atoms with van der Waals surface area (Å²) in [5, 5.41) is 4.00. The second-order valence-electron chi connectivity index (χ2n) is 6.33. The molecular formula is C20H23N3O3S2. The zero-order valence-electron chi connectivity index (χ0n) is 16.4. The molecular weight excluding hydrogens is 394 g/mol. The number of ether oxygens (including phenoxy) is 1. The van der Waals surface area contributed by atoms with Crippen molar-refractivity contribution in [1.82, 2.24) is 14.9 Å². The van der Waals surface area contributed by atoms with Crippen LogP contribution in [-0.4, -0.2) is 34.9 Å². The Morgan fingerprint density at radius 3 is 2.64 bits per heavy atom. The van der Waals surface area contributed by atoms with E-state index in [4.69, 9.17) is 9.72 Å². The molecule has 0 saturated heterocycles. The summed E-state index contributed by atoms with van der Waals surface area (Å²) in [4.78, 5) is 31.9. The molecule has 0 aliphatic rings. The minimum Gasteiger partial charge on any atom is -0.497 e. The number of nitrogens with zero attached hydrogens (tertiary/aromatic N) is 2. The summed E-state index contributed by atoms with van der Waals surface area (Å²) in [6.07, 6.45) is 0.880. The summed E-state index contributed by atoms with van der Waals surface area (Å²) in [5.41, 5.74) is 1.53. The number of aromatic nitrogens is 2. The van der Waals surface area contributed by atoms with Crippen LogP contribution in [0.5, 0.6) is 5.75 Å². The number of amides is 1. The first kappa shape index (κ1) is 20.4. The van der Waals surface area contributed by atoms with Crippen LogP contribution in [0, 0.1) is 13.8 Å². The molecule has 1 amide bonds. The molecule has 2 aromatic heterocycles. The van der Waals surface area contributed by atoms with Gasteiger partial charge in [-0.1, -0.05) is 18.7 Å². The number of nitrogens with one attached hydrogen (secondary N) is 1. The van der Waals surface area contributed by atoms with Crippen LogP contribution in [0.15, 0.2) is 34.2 Å². The van der Waals surface area contributed by atoms with Crippen molar-refractivity contribution in [3.05, 3.63) is 45.1 Å². The fraction of sp³-hybridized carbons (Fsp3) is 0.350. The predicted octanol–water partition coefficient (Wildman–Crippen LogP) is 3.69. The molecule has 0 saturated carbocycles. The topological polar surface area (TPSA) is 73.2 Å². The van der Waals surface area contributed by atoms with E-state index in [1.807, 2.05) is 32.9 Å². The van der Waals surface area contributed by atoms with Crippen LogP contribution in [0.2, 0.25) is 0 Å². The zero-order valence-corrected chi connectivity index (χ0v) is 18.0. The molecule has 0 bridgehead atoms. The molecule has 0 spiro atoms. The number of thioether (sulfide) groups is 1. The van der Waals surface area contributed by atoms with E-state index < -0.39 is 0 Å². The van der Waals surface area contributed by atoms with E-state index in [1.54, 1.807) is 23.8 Å². The molecule has 0 aliphatic heterocycles. The number of aryl methyl sites for hydroxylation is 2. The highest BCUT2D eigenvalue weighted by Crippen LogP contribution is 2.29. The largest absolute Gasteiger partial charge is 0.497 e. The minimum atomic E-state index is -0.117. The summed E-state index contributed by atoms with van der Waals surface area (Å²) in [6, 6.07) is 7.26. The summed E-state index contributed by atoms with van der Waals surface area (Å²) in [5.74, 6) is 0.847. The van der Waals surface area contributed by atoms with E-state index in [9.17, 15) is 9.59 Å². The minimum absolute atomic E-state index is 0.0685. The van der Waals surface area contributed by atoms with Crippen molar-refractivity contribution in [2.24, 2.45) is 0 Å². The first-order chi connectivity index (χ1) is 13.5. The van der Waals surface area contributed by atoms with Gasteiger partial charge in [0.1, 0.15) is 10.6 Å². The van der Waals surface area contributed by atoms with Crippen LogP contribution in [0.25, 0.3) is 15.9 Å². The highest BCUT2D eigenvalue weighted by atomic mass is 32.2. The Morgan fingerprint density at radius 1 is 1.29 bits per heavy atom. The quantitative estimate of drug-likeness (QED) is 0.469. The summed E-state index contributed by atoms with van der Waals surface area (Å²) >= 11 is 2.78. The van der Waals surface area contributed by atoms with Gasteiger partial charge in [-0.3, -0.25) is 14.2 Å². The van der Waals surface area contributed by atoms with Gasteiger partial charge in [0.05, 0.1) is 23.9 Å². The summed E-state index contributed by atoms with van der Waals surface area (Å²) < 4.78 is 6.80. The smallest absolute Gasteiger partial charge is 0.267 e. The number of thiophene rings is 1. The molecule has 6 nitrogen and oxygen atoms in total. The molecule has 0 unspecified atom stereocenters. The van der Waals surface area contributed by atoms with Gasteiger partial charge >= 0.3 is 0 Å². The van der Waals surface area contributed by atoms with Crippen LogP contribution in [0.4, 0.5) is 0 Å². The second-order valence-corrected chi connectivity index (χ2v) is 8.48. The number of carbonyl (C=O) groups is 1. The van der Waals surface area contributed by atoms with Crippen molar-refractivity contribution in [3.63, 3.8) is 0 Å². The van der Waals surface area contributed by atoms with E-state index in [0.717, 1.165) is 16.9 Å². The number of fused-ring (bicyclic) bond motifs is 1. The molecule has 148 valence electrons. The fourth-order valence-electron chi connectivity index (χ4n) is 2.78. The van der Waals surface area contributed by atoms with E-state index in [0.29, 0.717) is 33.4 Å². The first-order valence-corrected chi connectivity index (χ1v) is 10.8. The van der Waals surface area contributed by atoms with Gasteiger partial charge in [0.15, 0.2) is 5.16 Å². The lowest BCUT2D eigenvalue weighted by Gasteiger charge is -2.13. The molecule has 1 N–H and O–H groups in total. The van der Waals surface area contributed by atoms with Crippen molar-refractivity contribution in [2.75, 3.05) is 19.4 Å². The third kappa shape index (κ3) is 4.07. The lowest BCUT2D eigenvalue weighted by Crippen LogP contribution is -2.27. The number of rotatable bonds is 7. The maximum atomic E-state index is 13.3. The number of hydrogen-bond donors (Lipinski definition) is 1. The van der Waals surface area contributed by atoms with Crippen molar-refractivity contribution >= 4 is 39.2 Å². The summed E-state index contributed by atoms with van der Waals surface area (Å²) in [6.45, 7) is 6.58. The normalized spacial score (nSPS) is 11.0. The van der Waals surface area contributed by atoms with Crippen LogP contribution >= 0.6 is 23.1 Å². The molecule has 0 radical (unpaired) electrons. The molecule has 28 heavy (non-hydrogen) atoms. The molecule has 1 aromatic carbocycles. The average Bonchev–Trinajstić information content (AvgIpc) is 2.98. The summed E-state index contributed by atoms with van der Waals surface area (Å²) in [7, 11) is 1.60. The maximum Gasteiger partial charge on any atom is 0.267 e. The third-order valence-electron chi connectivity index (χ3n) is 4.41. The van der Waals surface area contributed by atoms with Crippen molar-refractivity contribution in [2.45, 2.75) is 32.3 Å². The second kappa shape index (κ2) is 8.79. The number of methoxy groups -OCH3 is 1. The van der Waals surface area contributed by atoms with Gasteiger partial charge in [-0.25, -0.2) is 4.98 Å². The standard InChI is InChI=1S/C20H23N3O3S2/c1-5-10-21-16(24)11-27-20-22-18-17(12(2)13(3)28-18)19(25)23(20)14-6-8-15(26-4)9-7-14/h6-9H,5,10-11H2,1-4H3,(H,21,24). The molecule has 2 heterocycles. The van der Waals surface area contributed by atoms with Crippen molar-refractivity contribution in [3.8, 4) is 11.4 Å². The molecule has 0 fully saturated rings. The van der Waals surface area contributed by atoms with Gasteiger partial charge in [0, 0.05) is 11.4 Å². The van der Waals surface area contributed by atoms with Gasteiger partial charge in [0.25, 0.3) is 5.56 Å². The van der Waals surface area contributed by atoms with Gasteiger partial charge in [-0.05, 0) is 50.1 Å². The molecule has 0 aliphatic carbocycles. The third-order valence-corrected chi connectivity index (χ3v) is 6.45. The van der Waals surface area contributed by atoms with Crippen LogP contribution < -0.4 is 15.6 Å². The monoisotopic (exact) mass is 417 g/mol. The van der Waals surface area contributed by atoms with Gasteiger partial charge in [0.2, 0.25) is 5.91 Å². The predicted molar refractivity (Wildman–Crippen MR) is 115 cm³/mol.